The number of amides is 1. The maximum atomic E-state index is 12.3. The van der Waals surface area contributed by atoms with E-state index in [0.717, 1.165) is 77.3 Å². The van der Waals surface area contributed by atoms with Crippen LogP contribution in [-0.2, 0) is 17.8 Å². The standard InChI is InChI=1S/C32H36ClN7O3.C2HF3O2/c1-37-15-4-7-23(37)19-43-30-35-26-18-38(27-9-3-6-21-5-2-8-25(33)28(21)27)16-11-24(26)29(36-30)39-17-22-10-12-32(20-39,13-14-34)40(22)31(41)42;3-2(4,5)1(6)7/h2-3,5-6,8-9,22-23H,4,7,10-13,15-20H2,1H3,(H,41,42);(H,6,7)/t22-,23+,32-;/m1./s1. The van der Waals surface area contributed by atoms with Gasteiger partial charge in [0.15, 0.2) is 0 Å². The minimum Gasteiger partial charge on any atom is -0.475 e. The summed E-state index contributed by atoms with van der Waals surface area (Å²) in [6.45, 7) is 3.89. The summed E-state index contributed by atoms with van der Waals surface area (Å²) in [6, 6.07) is 15.0. The van der Waals surface area contributed by atoms with Crippen LogP contribution < -0.4 is 14.5 Å². The topological polar surface area (TPSA) is 146 Å². The second-order valence-corrected chi connectivity index (χ2v) is 13.6. The highest BCUT2D eigenvalue weighted by Gasteiger charge is 2.54. The Morgan fingerprint density at radius 3 is 2.52 bits per heavy atom. The van der Waals surface area contributed by atoms with E-state index in [2.05, 4.69) is 52.1 Å². The number of piperazine rings is 1. The first-order chi connectivity index (χ1) is 23.8. The summed E-state index contributed by atoms with van der Waals surface area (Å²) in [5, 5.41) is 29.7. The number of aromatic nitrogens is 2. The van der Waals surface area contributed by atoms with Crippen molar-refractivity contribution in [3.05, 3.63) is 52.7 Å². The largest absolute Gasteiger partial charge is 0.490 e. The van der Waals surface area contributed by atoms with E-state index in [1.54, 1.807) is 4.90 Å². The summed E-state index contributed by atoms with van der Waals surface area (Å²) in [4.78, 5) is 39.5. The number of carboxylic acids is 1. The van der Waals surface area contributed by atoms with Crippen molar-refractivity contribution in [2.45, 2.75) is 68.9 Å². The van der Waals surface area contributed by atoms with Crippen LogP contribution in [0.15, 0.2) is 36.4 Å². The molecular formula is C34H37ClF3N7O5. The number of fused-ring (bicyclic) bond motifs is 4. The second kappa shape index (κ2) is 14.0. The zero-order valence-electron chi connectivity index (χ0n) is 27.4. The molecule has 1 aromatic heterocycles. The highest BCUT2D eigenvalue weighted by atomic mass is 35.5. The summed E-state index contributed by atoms with van der Waals surface area (Å²) in [5.41, 5.74) is 2.32. The van der Waals surface area contributed by atoms with Gasteiger partial charge in [-0.2, -0.15) is 28.4 Å². The molecule has 3 saturated heterocycles. The summed E-state index contributed by atoms with van der Waals surface area (Å²) < 4.78 is 38.0. The minimum atomic E-state index is -5.08. The number of carboxylic acid groups (broad SMARTS) is 2. The highest BCUT2D eigenvalue weighted by molar-refractivity contribution is 6.36. The normalized spacial score (nSPS) is 23.2. The average molecular weight is 716 g/mol. The number of ether oxygens (including phenoxy) is 1. The van der Waals surface area contributed by atoms with Crippen molar-refractivity contribution in [1.29, 1.82) is 5.26 Å². The molecule has 2 N–H and O–H groups in total. The smallest absolute Gasteiger partial charge is 0.475 e. The number of benzene rings is 2. The van der Waals surface area contributed by atoms with E-state index in [9.17, 15) is 28.3 Å². The van der Waals surface area contributed by atoms with Gasteiger partial charge in [-0.05, 0) is 63.2 Å². The van der Waals surface area contributed by atoms with E-state index in [1.165, 1.54) is 0 Å². The molecule has 3 aromatic rings. The van der Waals surface area contributed by atoms with Crippen molar-refractivity contribution in [3.8, 4) is 12.1 Å². The Morgan fingerprint density at radius 1 is 1.12 bits per heavy atom. The van der Waals surface area contributed by atoms with Gasteiger partial charge in [-0.3, -0.25) is 4.90 Å². The van der Waals surface area contributed by atoms with Gasteiger partial charge < -0.3 is 29.6 Å². The maximum Gasteiger partial charge on any atom is 0.490 e. The molecule has 0 saturated carbocycles. The van der Waals surface area contributed by atoms with Crippen LogP contribution in [0, 0.1) is 11.3 Å². The van der Waals surface area contributed by atoms with E-state index in [0.29, 0.717) is 44.7 Å². The monoisotopic (exact) mass is 715 g/mol. The van der Waals surface area contributed by atoms with Gasteiger partial charge in [0.05, 0.1) is 41.3 Å². The van der Waals surface area contributed by atoms with Crippen LogP contribution in [0.5, 0.6) is 6.01 Å². The van der Waals surface area contributed by atoms with Crippen LogP contribution in [0.2, 0.25) is 5.02 Å². The van der Waals surface area contributed by atoms with E-state index >= 15 is 0 Å². The van der Waals surface area contributed by atoms with Gasteiger partial charge in [-0.25, -0.2) is 9.59 Å². The molecule has 0 spiro atoms. The molecule has 266 valence electrons. The fourth-order valence-electron chi connectivity index (χ4n) is 7.79. The van der Waals surface area contributed by atoms with E-state index in [-0.39, 0.29) is 12.5 Å². The van der Waals surface area contributed by atoms with Gasteiger partial charge in [0.2, 0.25) is 0 Å². The van der Waals surface area contributed by atoms with Gasteiger partial charge in [-0.15, -0.1) is 0 Å². The fraction of sp³-hybridized carbons (Fsp3) is 0.500. The van der Waals surface area contributed by atoms with Crippen LogP contribution in [0.4, 0.5) is 29.5 Å². The number of alkyl halides is 3. The van der Waals surface area contributed by atoms with Gasteiger partial charge in [0.25, 0.3) is 0 Å². The van der Waals surface area contributed by atoms with E-state index < -0.39 is 23.8 Å². The number of aliphatic carboxylic acids is 1. The molecule has 0 radical (unpaired) electrons. The van der Waals surface area contributed by atoms with E-state index in [4.69, 9.17) is 36.2 Å². The lowest BCUT2D eigenvalue weighted by atomic mass is 9.91. The van der Waals surface area contributed by atoms with E-state index in [1.807, 2.05) is 12.1 Å². The van der Waals surface area contributed by atoms with Crippen LogP contribution in [-0.4, -0.2) is 106 Å². The molecule has 5 heterocycles. The third kappa shape index (κ3) is 6.91. The molecule has 4 aliphatic heterocycles. The Labute approximate surface area is 291 Å². The van der Waals surface area contributed by atoms with Crippen molar-refractivity contribution in [3.63, 3.8) is 0 Å². The zero-order chi connectivity index (χ0) is 35.8. The van der Waals surface area contributed by atoms with Crippen molar-refractivity contribution >= 4 is 45.9 Å². The van der Waals surface area contributed by atoms with Gasteiger partial charge >= 0.3 is 24.2 Å². The van der Waals surface area contributed by atoms with Crippen molar-refractivity contribution < 1.29 is 37.7 Å². The Balaban J connectivity index is 0.000000561. The van der Waals surface area contributed by atoms with Crippen LogP contribution in [0.1, 0.15) is 43.4 Å². The molecule has 50 heavy (non-hydrogen) atoms. The fourth-order valence-corrected chi connectivity index (χ4v) is 8.07. The predicted molar refractivity (Wildman–Crippen MR) is 179 cm³/mol. The zero-order valence-corrected chi connectivity index (χ0v) is 28.1. The molecule has 0 unspecified atom stereocenters. The van der Waals surface area contributed by atoms with Gasteiger partial charge in [-0.1, -0.05) is 35.9 Å². The molecule has 0 aliphatic carbocycles. The summed E-state index contributed by atoms with van der Waals surface area (Å²) in [6.07, 6.45) is -1.49. The maximum absolute atomic E-state index is 12.3. The number of hydrogen-bond acceptors (Lipinski definition) is 9. The molecule has 3 fully saturated rings. The lowest BCUT2D eigenvalue weighted by Gasteiger charge is -2.47. The van der Waals surface area contributed by atoms with Gasteiger partial charge in [0, 0.05) is 42.3 Å². The summed E-state index contributed by atoms with van der Waals surface area (Å²) >= 11 is 6.70. The first kappa shape index (κ1) is 35.3. The number of nitrogens with zero attached hydrogens (tertiary/aromatic N) is 7. The molecular weight excluding hydrogens is 679 g/mol. The van der Waals surface area contributed by atoms with Crippen LogP contribution >= 0.6 is 11.6 Å². The molecule has 12 nitrogen and oxygen atoms in total. The number of anilines is 2. The Morgan fingerprint density at radius 2 is 1.86 bits per heavy atom. The SMILES string of the molecule is CN1CCC[C@H]1COc1nc2c(c(N3C[C@H]4CC[C@@](CC#N)(C3)N4C(=O)O)n1)CCN(c1cccc3cccc(Cl)c13)C2.O=C(O)C(F)(F)F. The number of halogens is 4. The first-order valence-corrected chi connectivity index (χ1v) is 16.8. The number of rotatable bonds is 6. The second-order valence-electron chi connectivity index (χ2n) is 13.2. The quantitative estimate of drug-likeness (QED) is 0.331. The van der Waals surface area contributed by atoms with Crippen molar-refractivity contribution in [2.75, 3.05) is 49.6 Å². The lowest BCUT2D eigenvalue weighted by molar-refractivity contribution is -0.192. The molecule has 2 bridgehead atoms. The minimum absolute atomic E-state index is 0.159. The van der Waals surface area contributed by atoms with Crippen molar-refractivity contribution in [2.24, 2.45) is 0 Å². The number of likely N-dealkylation sites (tertiary alicyclic amines) is 1. The predicted octanol–water partition coefficient (Wildman–Crippen LogP) is 5.57. The van der Waals surface area contributed by atoms with Crippen molar-refractivity contribution in [1.82, 2.24) is 19.8 Å². The molecule has 3 atom stereocenters. The summed E-state index contributed by atoms with van der Waals surface area (Å²) in [5.74, 6) is -1.94. The lowest BCUT2D eigenvalue weighted by Crippen LogP contribution is -2.63. The molecule has 16 heteroatoms. The third-order valence-corrected chi connectivity index (χ3v) is 10.5. The highest BCUT2D eigenvalue weighted by Crippen LogP contribution is 2.44. The molecule has 1 amide bonds. The number of nitriles is 1. The molecule has 4 aliphatic rings. The number of hydrogen-bond donors (Lipinski definition) is 2. The van der Waals surface area contributed by atoms with Crippen LogP contribution in [0.25, 0.3) is 10.8 Å². The average Bonchev–Trinajstić information content (AvgIpc) is 3.59. The van der Waals surface area contributed by atoms with Gasteiger partial charge in [0.1, 0.15) is 12.4 Å². The first-order valence-electron chi connectivity index (χ1n) is 16.4. The Hall–Kier alpha value is -4.55. The third-order valence-electron chi connectivity index (χ3n) is 10.2. The Bertz CT molecular complexity index is 1820. The molecule has 2 aromatic carbocycles. The number of likely N-dealkylation sites (N-methyl/N-ethyl adjacent to an activating group) is 1. The Kier molecular flexibility index (Phi) is 9.87. The molecule has 7 rings (SSSR count). The summed E-state index contributed by atoms with van der Waals surface area (Å²) in [7, 11) is 2.12. The van der Waals surface area contributed by atoms with Crippen LogP contribution in [0.3, 0.4) is 0 Å². The number of carbonyl (C=O) groups is 2.